The molecule has 2 N–H and O–H groups in total. The van der Waals surface area contributed by atoms with E-state index in [4.69, 9.17) is 45.9 Å². The summed E-state index contributed by atoms with van der Waals surface area (Å²) in [7, 11) is 0. The van der Waals surface area contributed by atoms with E-state index in [1.165, 1.54) is 0 Å². The highest BCUT2D eigenvalue weighted by molar-refractivity contribution is 7.80. The van der Waals surface area contributed by atoms with Gasteiger partial charge in [0.25, 0.3) is 0 Å². The zero-order valence-electron chi connectivity index (χ0n) is 9.90. The van der Waals surface area contributed by atoms with E-state index in [0.717, 1.165) is 11.1 Å². The lowest BCUT2D eigenvalue weighted by atomic mass is 10.1. The van der Waals surface area contributed by atoms with Crippen LogP contribution >= 0.6 is 35.4 Å². The van der Waals surface area contributed by atoms with Gasteiger partial charge >= 0.3 is 0 Å². The summed E-state index contributed by atoms with van der Waals surface area (Å²) < 4.78 is 5.64. The molecule has 0 bridgehead atoms. The minimum Gasteiger partial charge on any atom is -0.487 e. The number of halogens is 2. The molecule has 5 heteroatoms. The minimum absolute atomic E-state index is 0.367. The summed E-state index contributed by atoms with van der Waals surface area (Å²) in [6, 6.07) is 12.7. The molecule has 2 rings (SSSR count). The van der Waals surface area contributed by atoms with Gasteiger partial charge in [-0.2, -0.15) is 0 Å². The van der Waals surface area contributed by atoms with Crippen LogP contribution in [0, 0.1) is 0 Å². The molecule has 98 valence electrons. The fraction of sp³-hybridized carbons (Fsp3) is 0.0714. The Hall–Kier alpha value is -1.29. The lowest BCUT2D eigenvalue weighted by molar-refractivity contribution is 0.306. The molecule has 0 aliphatic heterocycles. The second kappa shape index (κ2) is 6.24. The van der Waals surface area contributed by atoms with Gasteiger partial charge in [0.15, 0.2) is 0 Å². The molecule has 0 saturated heterocycles. The molecular weight excluding hydrogens is 301 g/mol. The van der Waals surface area contributed by atoms with Crippen LogP contribution < -0.4 is 10.5 Å². The van der Waals surface area contributed by atoms with Crippen LogP contribution in [0.4, 0.5) is 0 Å². The largest absolute Gasteiger partial charge is 0.487 e. The van der Waals surface area contributed by atoms with Crippen LogP contribution in [-0.2, 0) is 6.61 Å². The van der Waals surface area contributed by atoms with Crippen molar-refractivity contribution in [3.8, 4) is 5.75 Å². The molecule has 0 aliphatic carbocycles. The van der Waals surface area contributed by atoms with Crippen molar-refractivity contribution in [1.82, 2.24) is 0 Å². The normalized spacial score (nSPS) is 10.2. The molecule has 2 aromatic carbocycles. The lowest BCUT2D eigenvalue weighted by Gasteiger charge is -2.09. The summed E-state index contributed by atoms with van der Waals surface area (Å²) in [6.07, 6.45) is 0. The van der Waals surface area contributed by atoms with Gasteiger partial charge in [0.1, 0.15) is 17.3 Å². The van der Waals surface area contributed by atoms with E-state index < -0.39 is 0 Å². The maximum atomic E-state index is 6.03. The summed E-state index contributed by atoms with van der Waals surface area (Å²) in [5.41, 5.74) is 7.37. The van der Waals surface area contributed by atoms with Crippen LogP contribution in [0.15, 0.2) is 42.5 Å². The van der Waals surface area contributed by atoms with Crippen LogP contribution in [0.25, 0.3) is 0 Å². The van der Waals surface area contributed by atoms with E-state index in [1.54, 1.807) is 18.2 Å². The van der Waals surface area contributed by atoms with Crippen molar-refractivity contribution in [2.75, 3.05) is 0 Å². The first-order valence-electron chi connectivity index (χ1n) is 5.53. The summed E-state index contributed by atoms with van der Waals surface area (Å²) in [5, 5.41) is 1.06. The van der Waals surface area contributed by atoms with E-state index in [1.807, 2.05) is 24.3 Å². The summed E-state index contributed by atoms with van der Waals surface area (Å²) in [5.74, 6) is 0.590. The highest BCUT2D eigenvalue weighted by Crippen LogP contribution is 2.28. The van der Waals surface area contributed by atoms with E-state index in [-0.39, 0.29) is 0 Å². The Morgan fingerprint density at radius 1 is 1.16 bits per heavy atom. The summed E-state index contributed by atoms with van der Waals surface area (Å²) in [4.78, 5) is 0.367. The van der Waals surface area contributed by atoms with Crippen LogP contribution in [0.2, 0.25) is 10.0 Å². The first kappa shape index (κ1) is 14.1. The van der Waals surface area contributed by atoms with Crippen molar-refractivity contribution < 1.29 is 4.74 Å². The number of hydrogen-bond acceptors (Lipinski definition) is 2. The maximum Gasteiger partial charge on any atom is 0.138 e. The van der Waals surface area contributed by atoms with Gasteiger partial charge in [0.2, 0.25) is 0 Å². The molecule has 19 heavy (non-hydrogen) atoms. The molecule has 0 radical (unpaired) electrons. The third kappa shape index (κ3) is 3.83. The van der Waals surface area contributed by atoms with Crippen LogP contribution in [0.3, 0.4) is 0 Å². The standard InChI is InChI=1S/C14H11Cl2NOS/c15-11-4-5-13(12(16)7-11)18-8-9-2-1-3-10(6-9)14(17)19/h1-7H,8H2,(H2,17,19). The molecule has 0 amide bonds. The minimum atomic E-state index is 0.367. The number of hydrogen-bond donors (Lipinski definition) is 1. The van der Waals surface area contributed by atoms with Crippen molar-refractivity contribution in [3.63, 3.8) is 0 Å². The second-order valence-corrected chi connectivity index (χ2v) is 5.21. The maximum absolute atomic E-state index is 6.03. The summed E-state index contributed by atoms with van der Waals surface area (Å²) in [6.45, 7) is 0.387. The fourth-order valence-electron chi connectivity index (χ4n) is 1.57. The van der Waals surface area contributed by atoms with E-state index >= 15 is 0 Å². The molecule has 0 heterocycles. The van der Waals surface area contributed by atoms with Gasteiger partial charge in [-0.3, -0.25) is 0 Å². The van der Waals surface area contributed by atoms with Gasteiger partial charge in [-0.05, 0) is 29.8 Å². The molecule has 0 aromatic heterocycles. The van der Waals surface area contributed by atoms with Gasteiger partial charge in [-0.25, -0.2) is 0 Å². The first-order valence-corrected chi connectivity index (χ1v) is 6.69. The SMILES string of the molecule is NC(=S)c1cccc(COc2ccc(Cl)cc2Cl)c1. The molecular formula is C14H11Cl2NOS. The Kier molecular flexibility index (Phi) is 4.64. The quantitative estimate of drug-likeness (QED) is 0.859. The molecule has 2 nitrogen and oxygen atoms in total. The molecule has 0 fully saturated rings. The Balaban J connectivity index is 2.10. The van der Waals surface area contributed by atoms with Crippen LogP contribution in [0.1, 0.15) is 11.1 Å². The molecule has 0 spiro atoms. The molecule has 0 aliphatic rings. The van der Waals surface area contributed by atoms with Crippen molar-refractivity contribution in [2.45, 2.75) is 6.61 Å². The Bertz CT molecular complexity index is 616. The molecule has 0 atom stereocenters. The van der Waals surface area contributed by atoms with E-state index in [0.29, 0.717) is 27.4 Å². The summed E-state index contributed by atoms with van der Waals surface area (Å²) >= 11 is 16.8. The number of rotatable bonds is 4. The van der Waals surface area contributed by atoms with Gasteiger partial charge in [-0.1, -0.05) is 53.6 Å². The van der Waals surface area contributed by atoms with Gasteiger partial charge in [0, 0.05) is 10.6 Å². The highest BCUT2D eigenvalue weighted by Gasteiger charge is 2.04. The number of thiocarbonyl (C=S) groups is 1. The van der Waals surface area contributed by atoms with Crippen molar-refractivity contribution >= 4 is 40.4 Å². The fourth-order valence-corrected chi connectivity index (χ4v) is 2.16. The predicted octanol–water partition coefficient (Wildman–Crippen LogP) is 4.21. The van der Waals surface area contributed by atoms with Crippen molar-refractivity contribution in [1.29, 1.82) is 0 Å². The third-order valence-corrected chi connectivity index (χ3v) is 3.27. The molecule has 2 aromatic rings. The van der Waals surface area contributed by atoms with Crippen molar-refractivity contribution in [3.05, 3.63) is 63.6 Å². The number of benzene rings is 2. The van der Waals surface area contributed by atoms with Crippen molar-refractivity contribution in [2.24, 2.45) is 5.73 Å². The monoisotopic (exact) mass is 311 g/mol. The highest BCUT2D eigenvalue weighted by atomic mass is 35.5. The van der Waals surface area contributed by atoms with Crippen LogP contribution in [0.5, 0.6) is 5.75 Å². The Labute approximate surface area is 127 Å². The van der Waals surface area contributed by atoms with E-state index in [2.05, 4.69) is 0 Å². The Morgan fingerprint density at radius 3 is 2.63 bits per heavy atom. The van der Waals surface area contributed by atoms with Gasteiger partial charge in [0.05, 0.1) is 5.02 Å². The van der Waals surface area contributed by atoms with Gasteiger partial charge in [-0.15, -0.1) is 0 Å². The molecule has 0 saturated carbocycles. The average Bonchev–Trinajstić information content (AvgIpc) is 2.38. The second-order valence-electron chi connectivity index (χ2n) is 3.93. The number of nitrogens with two attached hydrogens (primary N) is 1. The zero-order chi connectivity index (χ0) is 13.8. The van der Waals surface area contributed by atoms with Crippen LogP contribution in [-0.4, -0.2) is 4.99 Å². The number of ether oxygens (including phenoxy) is 1. The Morgan fingerprint density at radius 2 is 1.95 bits per heavy atom. The van der Waals surface area contributed by atoms with E-state index in [9.17, 15) is 0 Å². The predicted molar refractivity (Wildman–Crippen MR) is 83.1 cm³/mol. The molecule has 0 unspecified atom stereocenters. The third-order valence-electron chi connectivity index (χ3n) is 2.50. The average molecular weight is 312 g/mol. The topological polar surface area (TPSA) is 35.2 Å². The zero-order valence-corrected chi connectivity index (χ0v) is 12.2. The lowest BCUT2D eigenvalue weighted by Crippen LogP contribution is -2.09. The van der Waals surface area contributed by atoms with Gasteiger partial charge < -0.3 is 10.5 Å². The smallest absolute Gasteiger partial charge is 0.138 e. The first-order chi connectivity index (χ1) is 9.06.